The highest BCUT2D eigenvalue weighted by molar-refractivity contribution is 7.92. The van der Waals surface area contributed by atoms with E-state index in [0.717, 1.165) is 18.2 Å². The molecule has 38 heavy (non-hydrogen) atoms. The molecule has 0 aliphatic rings. The number of hydrogen-bond acceptors (Lipinski definition) is 7. The van der Waals surface area contributed by atoms with Crippen LogP contribution in [0.1, 0.15) is 13.3 Å². The number of primary amides is 1. The summed E-state index contributed by atoms with van der Waals surface area (Å²) in [6.45, 7) is 1.90. The zero-order valence-corrected chi connectivity index (χ0v) is 21.9. The summed E-state index contributed by atoms with van der Waals surface area (Å²) >= 11 is 5.95. The second kappa shape index (κ2) is 10.8. The number of pyridine rings is 1. The molecule has 10 nitrogen and oxygen atoms in total. The van der Waals surface area contributed by atoms with Crippen LogP contribution < -0.4 is 20.8 Å². The minimum atomic E-state index is -4.23. The Morgan fingerprint density at radius 1 is 1.18 bits per heavy atom. The predicted octanol–water partition coefficient (Wildman–Crippen LogP) is 3.57. The van der Waals surface area contributed by atoms with Crippen molar-refractivity contribution in [1.29, 1.82) is 0 Å². The Hall–Kier alpha value is -4.03. The van der Waals surface area contributed by atoms with Crippen LogP contribution >= 0.6 is 11.6 Å². The van der Waals surface area contributed by atoms with Gasteiger partial charge in [-0.1, -0.05) is 24.6 Å². The molecule has 2 aromatic carbocycles. The molecule has 0 saturated heterocycles. The maximum Gasteiger partial charge on any atom is 0.263 e. The Labute approximate surface area is 222 Å². The summed E-state index contributed by atoms with van der Waals surface area (Å²) in [7, 11) is -2.91. The van der Waals surface area contributed by atoms with Crippen molar-refractivity contribution in [3.63, 3.8) is 0 Å². The van der Waals surface area contributed by atoms with Crippen molar-refractivity contribution in [3.8, 4) is 17.0 Å². The summed E-state index contributed by atoms with van der Waals surface area (Å²) in [6.07, 6.45) is 3.30. The number of nitrogens with zero attached hydrogens (tertiary/aromatic N) is 3. The molecule has 13 heteroatoms. The van der Waals surface area contributed by atoms with E-state index in [1.165, 1.54) is 30.3 Å². The van der Waals surface area contributed by atoms with Crippen LogP contribution in [-0.2, 0) is 21.4 Å². The van der Waals surface area contributed by atoms with Crippen molar-refractivity contribution in [2.45, 2.75) is 24.8 Å². The van der Waals surface area contributed by atoms with Crippen molar-refractivity contribution in [2.75, 3.05) is 11.8 Å². The third-order valence-electron chi connectivity index (χ3n) is 5.94. The number of nitrogens with one attached hydrogen (secondary N) is 1. The standard InChI is InChI=1S/C25H23ClFN5O5S/c1-3-14(23(28)33)12-32-13-30-20-6-4-15(8-18(20)25(32)34)16-9-21(24(37-2)29-11-16)31-38(35,36)22-7-5-17(27)10-19(22)26/h4-11,13-14,31H,3,12H2,1-2H3,(H2,28,33)/t14-/m0/s1. The molecule has 0 spiro atoms. The van der Waals surface area contributed by atoms with E-state index in [2.05, 4.69) is 14.7 Å². The maximum atomic E-state index is 13.4. The molecule has 0 bridgehead atoms. The van der Waals surface area contributed by atoms with E-state index in [9.17, 15) is 22.4 Å². The number of aromatic nitrogens is 3. The predicted molar refractivity (Wildman–Crippen MR) is 141 cm³/mol. The summed E-state index contributed by atoms with van der Waals surface area (Å²) in [5, 5.41) is 0.000836. The van der Waals surface area contributed by atoms with Crippen LogP contribution in [0.3, 0.4) is 0 Å². The minimum Gasteiger partial charge on any atom is -0.480 e. The molecule has 2 heterocycles. The Morgan fingerprint density at radius 3 is 2.61 bits per heavy atom. The molecule has 1 atom stereocenters. The van der Waals surface area contributed by atoms with Crippen LogP contribution in [0, 0.1) is 11.7 Å². The lowest BCUT2D eigenvalue weighted by molar-refractivity contribution is -0.122. The van der Waals surface area contributed by atoms with Crippen LogP contribution in [0.25, 0.3) is 22.0 Å². The molecule has 0 saturated carbocycles. The lowest BCUT2D eigenvalue weighted by Crippen LogP contribution is -2.31. The second-order valence-electron chi connectivity index (χ2n) is 8.40. The minimum absolute atomic E-state index is 0.00123. The van der Waals surface area contributed by atoms with E-state index in [0.29, 0.717) is 28.5 Å². The molecule has 4 aromatic rings. The van der Waals surface area contributed by atoms with Crippen LogP contribution in [0.15, 0.2) is 64.7 Å². The number of hydrogen-bond donors (Lipinski definition) is 2. The fourth-order valence-electron chi connectivity index (χ4n) is 3.87. The molecule has 0 unspecified atom stereocenters. The molecule has 0 aliphatic heterocycles. The summed E-state index contributed by atoms with van der Waals surface area (Å²) in [6, 6.07) is 9.36. The highest BCUT2D eigenvalue weighted by atomic mass is 35.5. The van der Waals surface area contributed by atoms with E-state index < -0.39 is 27.7 Å². The number of fused-ring (bicyclic) bond motifs is 1. The Kier molecular flexibility index (Phi) is 7.65. The van der Waals surface area contributed by atoms with Gasteiger partial charge in [-0.2, -0.15) is 0 Å². The van der Waals surface area contributed by atoms with Crippen LogP contribution in [0.2, 0.25) is 5.02 Å². The van der Waals surface area contributed by atoms with Crippen LogP contribution in [-0.4, -0.2) is 36.0 Å². The quantitative estimate of drug-likeness (QED) is 0.318. The lowest BCUT2D eigenvalue weighted by atomic mass is 10.0. The van der Waals surface area contributed by atoms with Crippen molar-refractivity contribution in [1.82, 2.24) is 14.5 Å². The van der Waals surface area contributed by atoms with Gasteiger partial charge in [0.25, 0.3) is 15.6 Å². The average molecular weight is 560 g/mol. The van der Waals surface area contributed by atoms with Gasteiger partial charge in [0.2, 0.25) is 11.8 Å². The average Bonchev–Trinajstić information content (AvgIpc) is 2.87. The number of ether oxygens (including phenoxy) is 1. The molecular formula is C25H23ClFN5O5S. The van der Waals surface area contributed by atoms with Crippen molar-refractivity contribution in [3.05, 3.63) is 76.2 Å². The maximum absolute atomic E-state index is 13.4. The molecule has 0 fully saturated rings. The van der Waals surface area contributed by atoms with Gasteiger partial charge in [-0.25, -0.2) is 22.8 Å². The van der Waals surface area contributed by atoms with Gasteiger partial charge < -0.3 is 10.5 Å². The summed E-state index contributed by atoms with van der Waals surface area (Å²) in [5.74, 6) is -1.72. The zero-order valence-electron chi connectivity index (χ0n) is 20.3. The van der Waals surface area contributed by atoms with Gasteiger partial charge in [0.1, 0.15) is 16.4 Å². The number of rotatable bonds is 9. The topological polar surface area (TPSA) is 146 Å². The highest BCUT2D eigenvalue weighted by Crippen LogP contribution is 2.32. The number of benzene rings is 2. The van der Waals surface area contributed by atoms with Crippen molar-refractivity contribution >= 4 is 44.1 Å². The molecule has 4 rings (SSSR count). The van der Waals surface area contributed by atoms with E-state index in [-0.39, 0.29) is 33.6 Å². The first-order valence-corrected chi connectivity index (χ1v) is 13.2. The van der Waals surface area contributed by atoms with Gasteiger partial charge in [0.15, 0.2) is 0 Å². The Morgan fingerprint density at radius 2 is 1.95 bits per heavy atom. The zero-order chi connectivity index (χ0) is 27.6. The first kappa shape index (κ1) is 27.0. The summed E-state index contributed by atoms with van der Waals surface area (Å²) < 4.78 is 48.3. The number of halogens is 2. The smallest absolute Gasteiger partial charge is 0.263 e. The van der Waals surface area contributed by atoms with Gasteiger partial charge in [-0.05, 0) is 48.4 Å². The second-order valence-corrected chi connectivity index (χ2v) is 10.5. The number of carbonyl (C=O) groups is 1. The van der Waals surface area contributed by atoms with Gasteiger partial charge in [0, 0.05) is 18.3 Å². The molecule has 198 valence electrons. The van der Waals surface area contributed by atoms with E-state index >= 15 is 0 Å². The van der Waals surface area contributed by atoms with Crippen LogP contribution in [0.5, 0.6) is 5.88 Å². The number of anilines is 1. The molecule has 2 aromatic heterocycles. The summed E-state index contributed by atoms with van der Waals surface area (Å²) in [5.41, 5.74) is 6.53. The lowest BCUT2D eigenvalue weighted by Gasteiger charge is -2.14. The van der Waals surface area contributed by atoms with Gasteiger partial charge in [0.05, 0.1) is 35.3 Å². The molecule has 0 radical (unpaired) electrons. The molecule has 1 amide bonds. The number of sulfonamides is 1. The molecule has 3 N–H and O–H groups in total. The Balaban J connectivity index is 1.75. The van der Waals surface area contributed by atoms with Gasteiger partial charge in [-0.3, -0.25) is 18.9 Å². The number of amides is 1. The van der Waals surface area contributed by atoms with Crippen molar-refractivity contribution in [2.24, 2.45) is 11.7 Å². The number of methoxy groups -OCH3 is 1. The van der Waals surface area contributed by atoms with Crippen LogP contribution in [0.4, 0.5) is 10.1 Å². The first-order valence-electron chi connectivity index (χ1n) is 11.3. The van der Waals surface area contributed by atoms with E-state index in [1.807, 2.05) is 0 Å². The fourth-order valence-corrected chi connectivity index (χ4v) is 5.45. The monoisotopic (exact) mass is 559 g/mol. The first-order chi connectivity index (χ1) is 18.0. The van der Waals surface area contributed by atoms with E-state index in [4.69, 9.17) is 22.1 Å². The normalized spacial score (nSPS) is 12.3. The van der Waals surface area contributed by atoms with E-state index in [1.54, 1.807) is 25.1 Å². The van der Waals surface area contributed by atoms with Gasteiger partial charge in [-0.15, -0.1) is 0 Å². The molecule has 0 aliphatic carbocycles. The third-order valence-corrected chi connectivity index (χ3v) is 7.79. The number of carbonyl (C=O) groups excluding carboxylic acids is 1. The fraction of sp³-hybridized carbons (Fsp3) is 0.200. The number of nitrogens with two attached hydrogens (primary N) is 1. The third kappa shape index (κ3) is 5.46. The van der Waals surface area contributed by atoms with Gasteiger partial charge >= 0.3 is 0 Å². The SMILES string of the molecule is CC[C@@H](Cn1cnc2ccc(-c3cnc(OC)c(NS(=O)(=O)c4ccc(F)cc4Cl)c3)cc2c1=O)C(N)=O. The molecular weight excluding hydrogens is 537 g/mol. The Bertz CT molecular complexity index is 1710. The summed E-state index contributed by atoms with van der Waals surface area (Å²) in [4.78, 5) is 33.0. The largest absolute Gasteiger partial charge is 0.480 e. The highest BCUT2D eigenvalue weighted by Gasteiger charge is 2.22. The van der Waals surface area contributed by atoms with Crippen molar-refractivity contribution < 1.29 is 22.3 Å².